The van der Waals surface area contributed by atoms with Crippen molar-refractivity contribution in [2.75, 3.05) is 14.1 Å². The van der Waals surface area contributed by atoms with E-state index in [0.29, 0.717) is 0 Å². The van der Waals surface area contributed by atoms with Crippen molar-refractivity contribution >= 4 is 27.9 Å². The first-order valence-corrected chi connectivity index (χ1v) is 5.34. The van der Waals surface area contributed by atoms with Crippen molar-refractivity contribution in [3.05, 3.63) is 28.5 Å². The summed E-state index contributed by atoms with van der Waals surface area (Å²) in [5.41, 5.74) is 1.09. The van der Waals surface area contributed by atoms with Crippen LogP contribution in [0.3, 0.4) is 0 Å². The van der Waals surface area contributed by atoms with Gasteiger partial charge in [0.1, 0.15) is 4.60 Å². The highest BCUT2D eigenvalue weighted by Gasteiger charge is 2.04. The minimum Gasteiger partial charge on any atom is -0.473 e. The van der Waals surface area contributed by atoms with Crippen LogP contribution in [0.5, 0.6) is 0 Å². The van der Waals surface area contributed by atoms with E-state index in [0.717, 1.165) is 16.8 Å². The van der Waals surface area contributed by atoms with Gasteiger partial charge in [-0.3, -0.25) is 0 Å². The van der Waals surface area contributed by atoms with Crippen molar-refractivity contribution in [1.29, 1.82) is 0 Å². The molecule has 0 aromatic carbocycles. The number of rotatable bonds is 2. The molecule has 0 saturated heterocycles. The van der Waals surface area contributed by atoms with Crippen LogP contribution >= 0.6 is 15.9 Å². The summed E-state index contributed by atoms with van der Waals surface area (Å²) in [6.07, 6.45) is 0. The Bertz CT molecular complexity index is 384. The van der Waals surface area contributed by atoms with Crippen molar-refractivity contribution in [1.82, 2.24) is 9.88 Å². The van der Waals surface area contributed by atoms with Crippen molar-refractivity contribution in [2.24, 2.45) is 0 Å². The topological polar surface area (TPSA) is 90.7 Å². The highest BCUT2D eigenvalue weighted by molar-refractivity contribution is 9.10. The molecular weight excluding hydrogens is 292 g/mol. The molecule has 94 valence electrons. The average Bonchev–Trinajstić information content (AvgIpc) is 2.17. The van der Waals surface area contributed by atoms with E-state index in [1.807, 2.05) is 32.3 Å². The van der Waals surface area contributed by atoms with Gasteiger partial charge in [-0.25, -0.2) is 14.6 Å². The lowest BCUT2D eigenvalue weighted by atomic mass is 10.3. The maximum atomic E-state index is 9.10. The summed E-state index contributed by atoms with van der Waals surface area (Å²) >= 11 is 3.32. The fourth-order valence-electron chi connectivity index (χ4n) is 0.862. The van der Waals surface area contributed by atoms with Crippen molar-refractivity contribution in [2.45, 2.75) is 6.54 Å². The number of carboxylic acids is 2. The standard InChI is InChI=1S/C8H11BrN2.C2H2O4/c1-11(2)6-7-4-3-5-8(9)10-7;3-1(4)2(5)6/h3-5H,6H2,1-2H3;(H,3,4)(H,5,6). The first kappa shape index (κ1) is 15.5. The van der Waals surface area contributed by atoms with Gasteiger partial charge >= 0.3 is 11.9 Å². The number of pyridine rings is 1. The van der Waals surface area contributed by atoms with E-state index in [9.17, 15) is 0 Å². The van der Waals surface area contributed by atoms with Gasteiger partial charge in [0.25, 0.3) is 0 Å². The molecule has 0 aliphatic carbocycles. The Balaban J connectivity index is 0.000000366. The van der Waals surface area contributed by atoms with Gasteiger partial charge in [-0.2, -0.15) is 0 Å². The minimum atomic E-state index is -1.82. The lowest BCUT2D eigenvalue weighted by Gasteiger charge is -2.07. The van der Waals surface area contributed by atoms with Gasteiger partial charge < -0.3 is 15.1 Å². The predicted octanol–water partition coefficient (Wildman–Crippen LogP) is 1.06. The van der Waals surface area contributed by atoms with Crippen LogP contribution in [0.15, 0.2) is 22.8 Å². The summed E-state index contributed by atoms with van der Waals surface area (Å²) in [6.45, 7) is 0.888. The van der Waals surface area contributed by atoms with Gasteiger partial charge in [-0.05, 0) is 42.2 Å². The molecule has 0 amide bonds. The number of carboxylic acid groups (broad SMARTS) is 2. The Kier molecular flexibility index (Phi) is 7.08. The lowest BCUT2D eigenvalue weighted by molar-refractivity contribution is -0.159. The maximum absolute atomic E-state index is 9.10. The smallest absolute Gasteiger partial charge is 0.414 e. The molecule has 1 rings (SSSR count). The Hall–Kier alpha value is -1.47. The molecule has 0 radical (unpaired) electrons. The number of hydrogen-bond donors (Lipinski definition) is 2. The zero-order chi connectivity index (χ0) is 13.4. The fourth-order valence-corrected chi connectivity index (χ4v) is 1.24. The molecule has 0 atom stereocenters. The largest absolute Gasteiger partial charge is 0.473 e. The van der Waals surface area contributed by atoms with Crippen molar-refractivity contribution < 1.29 is 19.8 Å². The highest BCUT2D eigenvalue weighted by Crippen LogP contribution is 2.06. The third kappa shape index (κ3) is 8.35. The maximum Gasteiger partial charge on any atom is 0.414 e. The van der Waals surface area contributed by atoms with Crippen LogP contribution in [0.4, 0.5) is 0 Å². The Morgan fingerprint density at radius 1 is 1.29 bits per heavy atom. The zero-order valence-electron chi connectivity index (χ0n) is 9.42. The number of halogens is 1. The molecule has 0 spiro atoms. The highest BCUT2D eigenvalue weighted by atomic mass is 79.9. The van der Waals surface area contributed by atoms with E-state index < -0.39 is 11.9 Å². The number of nitrogens with zero attached hydrogens (tertiary/aromatic N) is 2. The molecular formula is C10H13BrN2O4. The Labute approximate surface area is 107 Å². The van der Waals surface area contributed by atoms with Gasteiger partial charge in [0.2, 0.25) is 0 Å². The zero-order valence-corrected chi connectivity index (χ0v) is 11.0. The van der Waals surface area contributed by atoms with Crippen LogP contribution in [0, 0.1) is 0 Å². The molecule has 6 nitrogen and oxygen atoms in total. The molecule has 1 aromatic heterocycles. The fraction of sp³-hybridized carbons (Fsp3) is 0.300. The summed E-state index contributed by atoms with van der Waals surface area (Å²) in [4.78, 5) is 24.6. The molecule has 0 bridgehead atoms. The molecule has 0 aliphatic rings. The van der Waals surface area contributed by atoms with Gasteiger partial charge in [-0.15, -0.1) is 0 Å². The molecule has 1 aromatic rings. The van der Waals surface area contributed by atoms with Gasteiger partial charge in [0, 0.05) is 6.54 Å². The number of aliphatic carboxylic acids is 2. The third-order valence-corrected chi connectivity index (χ3v) is 1.88. The van der Waals surface area contributed by atoms with Crippen LogP contribution < -0.4 is 0 Å². The van der Waals surface area contributed by atoms with E-state index in [1.165, 1.54) is 0 Å². The van der Waals surface area contributed by atoms with Crippen molar-refractivity contribution in [3.63, 3.8) is 0 Å². The lowest BCUT2D eigenvalue weighted by Crippen LogP contribution is -2.11. The average molecular weight is 305 g/mol. The van der Waals surface area contributed by atoms with Crippen molar-refractivity contribution in [3.8, 4) is 0 Å². The van der Waals surface area contributed by atoms with E-state index >= 15 is 0 Å². The Morgan fingerprint density at radius 2 is 1.82 bits per heavy atom. The molecule has 1 heterocycles. The predicted molar refractivity (Wildman–Crippen MR) is 64.6 cm³/mol. The molecule has 0 unspecified atom stereocenters. The van der Waals surface area contributed by atoms with E-state index in [4.69, 9.17) is 19.8 Å². The van der Waals surface area contributed by atoms with Gasteiger partial charge in [0.05, 0.1) is 5.69 Å². The summed E-state index contributed by atoms with van der Waals surface area (Å²) in [5, 5.41) is 14.8. The van der Waals surface area contributed by atoms with Crippen LogP contribution in [0.25, 0.3) is 0 Å². The first-order chi connectivity index (χ1) is 7.82. The molecule has 7 heteroatoms. The normalized spacial score (nSPS) is 9.41. The first-order valence-electron chi connectivity index (χ1n) is 4.55. The summed E-state index contributed by atoms with van der Waals surface area (Å²) in [5.74, 6) is -3.65. The van der Waals surface area contributed by atoms with Crippen LogP contribution in [0.2, 0.25) is 0 Å². The second kappa shape index (κ2) is 7.75. The molecule has 0 aliphatic heterocycles. The Morgan fingerprint density at radius 3 is 2.18 bits per heavy atom. The van der Waals surface area contributed by atoms with E-state index in [2.05, 4.69) is 25.8 Å². The molecule has 2 N–H and O–H groups in total. The molecule has 17 heavy (non-hydrogen) atoms. The number of hydrogen-bond acceptors (Lipinski definition) is 4. The summed E-state index contributed by atoms with van der Waals surface area (Å²) < 4.78 is 0.900. The van der Waals surface area contributed by atoms with Crippen LogP contribution in [0.1, 0.15) is 5.69 Å². The molecule has 0 fully saturated rings. The van der Waals surface area contributed by atoms with E-state index in [1.54, 1.807) is 0 Å². The molecule has 0 saturated carbocycles. The second-order valence-electron chi connectivity index (χ2n) is 3.30. The number of aromatic nitrogens is 1. The minimum absolute atomic E-state index is 0.888. The van der Waals surface area contributed by atoms with E-state index in [-0.39, 0.29) is 0 Å². The van der Waals surface area contributed by atoms with Crippen LogP contribution in [-0.2, 0) is 16.1 Å². The van der Waals surface area contributed by atoms with Gasteiger partial charge in [-0.1, -0.05) is 6.07 Å². The quantitative estimate of drug-likeness (QED) is 0.627. The SMILES string of the molecule is CN(C)Cc1cccc(Br)n1.O=C(O)C(=O)O. The second-order valence-corrected chi connectivity index (χ2v) is 4.11. The number of carbonyl (C=O) groups is 2. The monoisotopic (exact) mass is 304 g/mol. The third-order valence-electron chi connectivity index (χ3n) is 1.43. The summed E-state index contributed by atoms with van der Waals surface area (Å²) in [6, 6.07) is 5.94. The summed E-state index contributed by atoms with van der Waals surface area (Å²) in [7, 11) is 4.06. The van der Waals surface area contributed by atoms with Crippen LogP contribution in [-0.4, -0.2) is 46.1 Å². The van der Waals surface area contributed by atoms with Gasteiger partial charge in [0.15, 0.2) is 0 Å².